The Labute approximate surface area is 98.7 Å². The first kappa shape index (κ1) is 13.2. The summed E-state index contributed by atoms with van der Waals surface area (Å²) in [7, 11) is 1.94. The fourth-order valence-electron chi connectivity index (χ4n) is 2.04. The van der Waals surface area contributed by atoms with Crippen molar-refractivity contribution in [2.45, 2.75) is 39.0 Å². The summed E-state index contributed by atoms with van der Waals surface area (Å²) < 4.78 is 0. The van der Waals surface area contributed by atoms with Gasteiger partial charge in [0, 0.05) is 13.0 Å². The minimum absolute atomic E-state index is 0.177. The SMILES string of the molecule is CNCC(C)CNC(=O)CC1=CCCCC1. The highest BCUT2D eigenvalue weighted by Gasteiger charge is 2.09. The molecule has 0 aliphatic heterocycles. The van der Waals surface area contributed by atoms with Crippen LogP contribution in [0.15, 0.2) is 11.6 Å². The lowest BCUT2D eigenvalue weighted by molar-refractivity contribution is -0.120. The third-order valence-electron chi connectivity index (χ3n) is 2.97. The van der Waals surface area contributed by atoms with Crippen LogP contribution in [0.2, 0.25) is 0 Å². The van der Waals surface area contributed by atoms with E-state index in [0.29, 0.717) is 12.3 Å². The van der Waals surface area contributed by atoms with Gasteiger partial charge in [0.1, 0.15) is 0 Å². The molecular weight excluding hydrogens is 200 g/mol. The first-order valence-electron chi connectivity index (χ1n) is 6.31. The molecule has 0 aromatic rings. The van der Waals surface area contributed by atoms with Crippen LogP contribution in [0, 0.1) is 5.92 Å². The maximum atomic E-state index is 11.6. The molecule has 3 heteroatoms. The summed E-state index contributed by atoms with van der Waals surface area (Å²) in [5.74, 6) is 0.672. The van der Waals surface area contributed by atoms with Crippen molar-refractivity contribution in [3.63, 3.8) is 0 Å². The maximum absolute atomic E-state index is 11.6. The normalized spacial score (nSPS) is 17.8. The average molecular weight is 224 g/mol. The van der Waals surface area contributed by atoms with E-state index in [4.69, 9.17) is 0 Å². The summed E-state index contributed by atoms with van der Waals surface area (Å²) in [5.41, 5.74) is 1.32. The van der Waals surface area contributed by atoms with Gasteiger partial charge in [-0.2, -0.15) is 0 Å². The van der Waals surface area contributed by atoms with Crippen molar-refractivity contribution in [3.05, 3.63) is 11.6 Å². The van der Waals surface area contributed by atoms with Crippen molar-refractivity contribution in [3.8, 4) is 0 Å². The Morgan fingerprint density at radius 2 is 2.25 bits per heavy atom. The molecule has 0 heterocycles. The summed E-state index contributed by atoms with van der Waals surface area (Å²) in [4.78, 5) is 11.6. The Morgan fingerprint density at radius 1 is 1.44 bits per heavy atom. The number of amides is 1. The lowest BCUT2D eigenvalue weighted by Crippen LogP contribution is -2.32. The van der Waals surface area contributed by atoms with Crippen LogP contribution in [0.25, 0.3) is 0 Å². The molecule has 0 bridgehead atoms. The molecule has 1 amide bonds. The van der Waals surface area contributed by atoms with Gasteiger partial charge in [-0.05, 0) is 45.2 Å². The van der Waals surface area contributed by atoms with Crippen LogP contribution < -0.4 is 10.6 Å². The van der Waals surface area contributed by atoms with Gasteiger partial charge in [0.25, 0.3) is 0 Å². The maximum Gasteiger partial charge on any atom is 0.224 e. The summed E-state index contributed by atoms with van der Waals surface area (Å²) in [6.07, 6.45) is 7.63. The van der Waals surface area contributed by atoms with Gasteiger partial charge in [0.05, 0.1) is 0 Å². The fourth-order valence-corrected chi connectivity index (χ4v) is 2.04. The van der Waals surface area contributed by atoms with E-state index in [1.165, 1.54) is 18.4 Å². The zero-order valence-corrected chi connectivity index (χ0v) is 10.5. The summed E-state index contributed by atoms with van der Waals surface area (Å²) in [6, 6.07) is 0. The number of hydrogen-bond acceptors (Lipinski definition) is 2. The largest absolute Gasteiger partial charge is 0.356 e. The number of allylic oxidation sites excluding steroid dienone is 1. The third-order valence-corrected chi connectivity index (χ3v) is 2.97. The quantitative estimate of drug-likeness (QED) is 0.676. The molecule has 0 spiro atoms. The van der Waals surface area contributed by atoms with Crippen molar-refractivity contribution >= 4 is 5.91 Å². The van der Waals surface area contributed by atoms with Crippen molar-refractivity contribution < 1.29 is 4.79 Å². The Bertz CT molecular complexity index is 248. The smallest absolute Gasteiger partial charge is 0.224 e. The summed E-state index contributed by atoms with van der Waals surface area (Å²) in [6.45, 7) is 3.85. The second-order valence-electron chi connectivity index (χ2n) is 4.75. The lowest BCUT2D eigenvalue weighted by Gasteiger charge is -2.14. The Balaban J connectivity index is 2.17. The molecule has 16 heavy (non-hydrogen) atoms. The molecule has 0 saturated carbocycles. The molecule has 0 radical (unpaired) electrons. The van der Waals surface area contributed by atoms with Crippen molar-refractivity contribution in [2.24, 2.45) is 5.92 Å². The first-order valence-corrected chi connectivity index (χ1v) is 6.31. The molecule has 92 valence electrons. The first-order chi connectivity index (χ1) is 7.72. The molecule has 1 aliphatic carbocycles. The van der Waals surface area contributed by atoms with Gasteiger partial charge in [0.2, 0.25) is 5.91 Å². The minimum Gasteiger partial charge on any atom is -0.356 e. The number of carbonyl (C=O) groups excluding carboxylic acids is 1. The Kier molecular flexibility index (Phi) is 6.16. The molecule has 1 unspecified atom stereocenters. The third kappa shape index (κ3) is 5.31. The van der Waals surface area contributed by atoms with Crippen molar-refractivity contribution in [1.82, 2.24) is 10.6 Å². The lowest BCUT2D eigenvalue weighted by atomic mass is 9.97. The monoisotopic (exact) mass is 224 g/mol. The highest BCUT2D eigenvalue weighted by Crippen LogP contribution is 2.19. The average Bonchev–Trinajstić information content (AvgIpc) is 2.28. The van der Waals surface area contributed by atoms with Crippen LogP contribution >= 0.6 is 0 Å². The van der Waals surface area contributed by atoms with E-state index in [2.05, 4.69) is 23.6 Å². The molecular formula is C13H24N2O. The topological polar surface area (TPSA) is 41.1 Å². The molecule has 1 aliphatic rings. The zero-order valence-electron chi connectivity index (χ0n) is 10.5. The van der Waals surface area contributed by atoms with Crippen molar-refractivity contribution in [2.75, 3.05) is 20.1 Å². The Hall–Kier alpha value is -0.830. The Morgan fingerprint density at radius 3 is 2.88 bits per heavy atom. The van der Waals surface area contributed by atoms with Crippen LogP contribution in [0.3, 0.4) is 0 Å². The van der Waals surface area contributed by atoms with E-state index < -0.39 is 0 Å². The van der Waals surface area contributed by atoms with E-state index in [0.717, 1.165) is 25.9 Å². The molecule has 1 atom stereocenters. The number of rotatable bonds is 6. The molecule has 0 saturated heterocycles. The molecule has 2 N–H and O–H groups in total. The van der Waals surface area contributed by atoms with Crippen molar-refractivity contribution in [1.29, 1.82) is 0 Å². The second kappa shape index (κ2) is 7.44. The van der Waals surface area contributed by atoms with E-state index in [1.54, 1.807) is 0 Å². The molecule has 0 aromatic carbocycles. The van der Waals surface area contributed by atoms with Gasteiger partial charge in [-0.25, -0.2) is 0 Å². The van der Waals surface area contributed by atoms with Gasteiger partial charge in [-0.1, -0.05) is 18.6 Å². The van der Waals surface area contributed by atoms with Gasteiger partial charge >= 0.3 is 0 Å². The highest BCUT2D eigenvalue weighted by atomic mass is 16.1. The van der Waals surface area contributed by atoms with Crippen LogP contribution in [0.5, 0.6) is 0 Å². The fraction of sp³-hybridized carbons (Fsp3) is 0.769. The van der Waals surface area contributed by atoms with Crippen LogP contribution in [-0.4, -0.2) is 26.0 Å². The van der Waals surface area contributed by atoms with Gasteiger partial charge < -0.3 is 10.6 Å². The van der Waals surface area contributed by atoms with Crippen LogP contribution in [-0.2, 0) is 4.79 Å². The van der Waals surface area contributed by atoms with Crippen LogP contribution in [0.1, 0.15) is 39.0 Å². The van der Waals surface area contributed by atoms with E-state index >= 15 is 0 Å². The minimum atomic E-state index is 0.177. The molecule has 3 nitrogen and oxygen atoms in total. The molecule has 0 fully saturated rings. The second-order valence-corrected chi connectivity index (χ2v) is 4.75. The standard InChI is InChI=1S/C13H24N2O/c1-11(9-14-2)10-15-13(16)8-12-6-4-3-5-7-12/h6,11,14H,3-5,7-10H2,1-2H3,(H,15,16). The predicted octanol–water partition coefficient (Wildman–Crippen LogP) is 1.85. The summed E-state index contributed by atoms with van der Waals surface area (Å²) in [5, 5.41) is 6.10. The summed E-state index contributed by atoms with van der Waals surface area (Å²) >= 11 is 0. The van der Waals surface area contributed by atoms with Crippen LogP contribution in [0.4, 0.5) is 0 Å². The number of carbonyl (C=O) groups is 1. The van der Waals surface area contributed by atoms with Gasteiger partial charge in [-0.15, -0.1) is 0 Å². The van der Waals surface area contributed by atoms with Gasteiger partial charge in [-0.3, -0.25) is 4.79 Å². The molecule has 1 rings (SSSR count). The van der Waals surface area contributed by atoms with E-state index in [1.807, 2.05) is 7.05 Å². The zero-order chi connectivity index (χ0) is 11.8. The van der Waals surface area contributed by atoms with E-state index in [-0.39, 0.29) is 5.91 Å². The number of hydrogen-bond donors (Lipinski definition) is 2. The van der Waals surface area contributed by atoms with Gasteiger partial charge in [0.15, 0.2) is 0 Å². The molecule has 0 aromatic heterocycles. The number of nitrogens with one attached hydrogen (secondary N) is 2. The highest BCUT2D eigenvalue weighted by molar-refractivity contribution is 5.78. The predicted molar refractivity (Wildman–Crippen MR) is 67.3 cm³/mol. The van der Waals surface area contributed by atoms with E-state index in [9.17, 15) is 4.79 Å².